The Bertz CT molecular complexity index is 1600. The SMILES string of the molecule is Cc1cncc(-c2cc3c(-c4nc5c(-c6ccc(F)cc6)nccc5[nH]4)n[nH]c3cn2)c1. The second kappa shape index (κ2) is 7.05. The van der Waals surface area contributed by atoms with E-state index in [1.54, 1.807) is 30.7 Å². The van der Waals surface area contributed by atoms with Gasteiger partial charge in [-0.2, -0.15) is 5.10 Å². The monoisotopic (exact) mass is 421 g/mol. The van der Waals surface area contributed by atoms with Crippen molar-refractivity contribution >= 4 is 21.9 Å². The number of pyridine rings is 3. The van der Waals surface area contributed by atoms with Gasteiger partial charge in [-0.15, -0.1) is 0 Å². The van der Waals surface area contributed by atoms with Crippen molar-refractivity contribution in [1.82, 2.24) is 35.1 Å². The highest BCUT2D eigenvalue weighted by Gasteiger charge is 2.17. The molecule has 0 bridgehead atoms. The Kier molecular flexibility index (Phi) is 4.04. The summed E-state index contributed by atoms with van der Waals surface area (Å²) >= 11 is 0. The van der Waals surface area contributed by atoms with Gasteiger partial charge in [0.15, 0.2) is 5.82 Å². The highest BCUT2D eigenvalue weighted by Crippen LogP contribution is 2.31. The smallest absolute Gasteiger partial charge is 0.159 e. The average molecular weight is 421 g/mol. The predicted octanol–water partition coefficient (Wildman–Crippen LogP) is 5.07. The van der Waals surface area contributed by atoms with E-state index in [0.717, 1.165) is 38.8 Å². The Hall–Kier alpha value is -4.46. The summed E-state index contributed by atoms with van der Waals surface area (Å²) in [7, 11) is 0. The van der Waals surface area contributed by atoms with Crippen molar-refractivity contribution in [1.29, 1.82) is 0 Å². The summed E-state index contributed by atoms with van der Waals surface area (Å²) in [6.07, 6.45) is 7.07. The summed E-state index contributed by atoms with van der Waals surface area (Å²) in [5.74, 6) is 0.321. The molecule has 0 spiro atoms. The molecule has 0 fully saturated rings. The van der Waals surface area contributed by atoms with Crippen molar-refractivity contribution in [2.45, 2.75) is 6.92 Å². The molecule has 8 heteroatoms. The summed E-state index contributed by atoms with van der Waals surface area (Å²) in [6, 6.07) is 12.1. The highest BCUT2D eigenvalue weighted by atomic mass is 19.1. The maximum Gasteiger partial charge on any atom is 0.159 e. The van der Waals surface area contributed by atoms with Gasteiger partial charge in [0.1, 0.15) is 17.0 Å². The number of nitrogens with one attached hydrogen (secondary N) is 2. The molecule has 5 aromatic heterocycles. The molecule has 154 valence electrons. The largest absolute Gasteiger partial charge is 0.336 e. The first-order valence-electron chi connectivity index (χ1n) is 10.0. The molecule has 0 radical (unpaired) electrons. The first-order chi connectivity index (χ1) is 15.7. The van der Waals surface area contributed by atoms with Crippen LogP contribution >= 0.6 is 0 Å². The van der Waals surface area contributed by atoms with Crippen molar-refractivity contribution in [3.63, 3.8) is 0 Å². The second-order valence-corrected chi connectivity index (χ2v) is 7.59. The standard InChI is InChI=1S/C24H16FN7/c1-13-8-15(11-26-10-13)19-9-17-20(12-28-19)31-32-22(17)24-29-18-6-7-27-21(23(18)30-24)14-2-4-16(25)5-3-14/h2-12H,1H3,(H,29,30)(H,31,32). The van der Waals surface area contributed by atoms with Crippen molar-refractivity contribution in [2.24, 2.45) is 0 Å². The van der Waals surface area contributed by atoms with E-state index in [-0.39, 0.29) is 5.82 Å². The third kappa shape index (κ3) is 3.01. The normalized spacial score (nSPS) is 11.4. The number of hydrogen-bond acceptors (Lipinski definition) is 5. The van der Waals surface area contributed by atoms with E-state index >= 15 is 0 Å². The van der Waals surface area contributed by atoms with E-state index in [1.807, 2.05) is 31.3 Å². The molecule has 6 aromatic rings. The Balaban J connectivity index is 1.50. The highest BCUT2D eigenvalue weighted by molar-refractivity contribution is 5.96. The van der Waals surface area contributed by atoms with Gasteiger partial charge in [0.05, 0.1) is 28.6 Å². The van der Waals surface area contributed by atoms with Crippen LogP contribution in [0, 0.1) is 12.7 Å². The minimum atomic E-state index is -0.292. The lowest BCUT2D eigenvalue weighted by Gasteiger charge is -2.02. The van der Waals surface area contributed by atoms with Crippen molar-refractivity contribution < 1.29 is 4.39 Å². The minimum Gasteiger partial charge on any atom is -0.336 e. The number of nitrogens with zero attached hydrogens (tertiary/aromatic N) is 5. The van der Waals surface area contributed by atoms with Gasteiger partial charge < -0.3 is 4.98 Å². The average Bonchev–Trinajstić information content (AvgIpc) is 3.43. The van der Waals surface area contributed by atoms with Crippen LogP contribution in [-0.4, -0.2) is 35.1 Å². The number of imidazole rings is 1. The van der Waals surface area contributed by atoms with Gasteiger partial charge in [-0.3, -0.25) is 20.1 Å². The lowest BCUT2D eigenvalue weighted by Crippen LogP contribution is -1.87. The van der Waals surface area contributed by atoms with Crippen molar-refractivity contribution in [3.05, 3.63) is 78.6 Å². The van der Waals surface area contributed by atoms with Crippen LogP contribution in [0.15, 0.2) is 67.3 Å². The number of halogens is 1. The third-order valence-corrected chi connectivity index (χ3v) is 5.36. The van der Waals surface area contributed by atoms with Crippen LogP contribution in [0.4, 0.5) is 4.39 Å². The molecule has 0 aliphatic heterocycles. The molecule has 32 heavy (non-hydrogen) atoms. The zero-order valence-corrected chi connectivity index (χ0v) is 17.0. The number of hydrogen-bond donors (Lipinski definition) is 2. The topological polar surface area (TPSA) is 96.0 Å². The number of H-pyrrole nitrogens is 2. The molecule has 0 amide bonds. The third-order valence-electron chi connectivity index (χ3n) is 5.36. The van der Waals surface area contributed by atoms with Gasteiger partial charge >= 0.3 is 0 Å². The maximum atomic E-state index is 13.4. The molecule has 0 aliphatic carbocycles. The van der Waals surface area contributed by atoms with Crippen molar-refractivity contribution in [3.8, 4) is 34.0 Å². The fourth-order valence-corrected chi connectivity index (χ4v) is 3.82. The summed E-state index contributed by atoms with van der Waals surface area (Å²) < 4.78 is 13.4. The van der Waals surface area contributed by atoms with Gasteiger partial charge in [0.25, 0.3) is 0 Å². The quantitative estimate of drug-likeness (QED) is 0.416. The lowest BCUT2D eigenvalue weighted by molar-refractivity contribution is 0.628. The molecule has 0 saturated heterocycles. The molecular weight excluding hydrogens is 405 g/mol. The first-order valence-corrected chi connectivity index (χ1v) is 10.0. The van der Waals surface area contributed by atoms with E-state index < -0.39 is 0 Å². The Morgan fingerprint density at radius 1 is 0.844 bits per heavy atom. The zero-order chi connectivity index (χ0) is 21.7. The fourth-order valence-electron chi connectivity index (χ4n) is 3.82. The van der Waals surface area contributed by atoms with Crippen LogP contribution < -0.4 is 0 Å². The minimum absolute atomic E-state index is 0.292. The maximum absolute atomic E-state index is 13.4. The van der Waals surface area contributed by atoms with E-state index in [2.05, 4.69) is 30.1 Å². The summed E-state index contributed by atoms with van der Waals surface area (Å²) in [4.78, 5) is 21.4. The van der Waals surface area contributed by atoms with Gasteiger partial charge in [0.2, 0.25) is 0 Å². The Morgan fingerprint density at radius 3 is 2.56 bits per heavy atom. The van der Waals surface area contributed by atoms with E-state index in [0.29, 0.717) is 22.7 Å². The molecule has 7 nitrogen and oxygen atoms in total. The first kappa shape index (κ1) is 18.3. The van der Waals surface area contributed by atoms with E-state index in [1.165, 1.54) is 12.1 Å². The predicted molar refractivity (Wildman–Crippen MR) is 120 cm³/mol. The molecule has 1 aromatic carbocycles. The lowest BCUT2D eigenvalue weighted by atomic mass is 10.1. The van der Waals surface area contributed by atoms with Crippen LogP contribution in [0.5, 0.6) is 0 Å². The second-order valence-electron chi connectivity index (χ2n) is 7.59. The summed E-state index contributed by atoms with van der Waals surface area (Å²) in [5.41, 5.74) is 7.29. The number of rotatable bonds is 3. The zero-order valence-electron chi connectivity index (χ0n) is 17.0. The van der Waals surface area contributed by atoms with E-state index in [4.69, 9.17) is 4.98 Å². The van der Waals surface area contributed by atoms with Gasteiger partial charge in [0, 0.05) is 35.1 Å². The van der Waals surface area contributed by atoms with Crippen LogP contribution in [0.25, 0.3) is 56.0 Å². The number of aryl methyl sites for hydroxylation is 1. The molecular formula is C24H16FN7. The Labute approximate surface area is 181 Å². The molecule has 0 unspecified atom stereocenters. The molecule has 5 heterocycles. The van der Waals surface area contributed by atoms with Crippen LogP contribution in [0.1, 0.15) is 5.56 Å². The summed E-state index contributed by atoms with van der Waals surface area (Å²) in [6.45, 7) is 2.00. The van der Waals surface area contributed by atoms with Crippen LogP contribution in [0.3, 0.4) is 0 Å². The Morgan fingerprint density at radius 2 is 1.72 bits per heavy atom. The molecule has 2 N–H and O–H groups in total. The number of aromatic amines is 2. The van der Waals surface area contributed by atoms with Crippen LogP contribution in [0.2, 0.25) is 0 Å². The number of aromatic nitrogens is 7. The number of fused-ring (bicyclic) bond motifs is 2. The molecule has 0 aliphatic rings. The molecule has 6 rings (SSSR count). The van der Waals surface area contributed by atoms with Crippen molar-refractivity contribution in [2.75, 3.05) is 0 Å². The fraction of sp³-hybridized carbons (Fsp3) is 0.0417. The van der Waals surface area contributed by atoms with Gasteiger partial charge in [-0.25, -0.2) is 9.37 Å². The van der Waals surface area contributed by atoms with E-state index in [9.17, 15) is 4.39 Å². The van der Waals surface area contributed by atoms with Gasteiger partial charge in [-0.05, 0) is 55.0 Å². The number of benzene rings is 1. The molecule has 0 atom stereocenters. The molecule has 0 saturated carbocycles. The summed E-state index contributed by atoms with van der Waals surface area (Å²) in [5, 5.41) is 8.41. The van der Waals surface area contributed by atoms with Crippen LogP contribution in [-0.2, 0) is 0 Å². The van der Waals surface area contributed by atoms with Gasteiger partial charge in [-0.1, -0.05) is 0 Å².